The highest BCUT2D eigenvalue weighted by Crippen LogP contribution is 2.29. The van der Waals surface area contributed by atoms with E-state index in [-0.39, 0.29) is 37.7 Å². The monoisotopic (exact) mass is 561 g/mol. The molecule has 1 saturated heterocycles. The maximum absolute atomic E-state index is 13.2. The third-order valence-corrected chi connectivity index (χ3v) is 7.05. The molecule has 1 unspecified atom stereocenters. The van der Waals surface area contributed by atoms with Crippen LogP contribution in [0.1, 0.15) is 50.4 Å². The Bertz CT molecular complexity index is 1380. The molecule has 0 spiro atoms. The van der Waals surface area contributed by atoms with Crippen LogP contribution in [0.2, 0.25) is 0 Å². The molecule has 214 valence electrons. The highest BCUT2D eigenvalue weighted by molar-refractivity contribution is 5.86. The Labute approximate surface area is 228 Å². The van der Waals surface area contributed by atoms with Crippen LogP contribution in [-0.2, 0) is 19.2 Å². The molecule has 10 nitrogen and oxygen atoms in total. The van der Waals surface area contributed by atoms with Crippen molar-refractivity contribution in [1.29, 1.82) is 0 Å². The van der Waals surface area contributed by atoms with Gasteiger partial charge in [0.25, 0.3) is 0 Å². The fourth-order valence-electron chi connectivity index (χ4n) is 4.92. The molecule has 40 heavy (non-hydrogen) atoms. The topological polar surface area (TPSA) is 140 Å². The second-order valence-corrected chi connectivity index (χ2v) is 10.3. The van der Waals surface area contributed by atoms with Crippen LogP contribution in [-0.4, -0.2) is 63.9 Å². The summed E-state index contributed by atoms with van der Waals surface area (Å²) in [5, 5.41) is 13.6. The number of hydrogen-bond acceptors (Lipinski definition) is 6. The molecule has 1 fully saturated rings. The lowest BCUT2D eigenvalue weighted by atomic mass is 10.0. The summed E-state index contributed by atoms with van der Waals surface area (Å²) in [4.78, 5) is 43.5. The molecule has 13 heteroatoms. The number of carbonyl (C=O) groups excluding carboxylic acids is 3. The van der Waals surface area contributed by atoms with E-state index in [9.17, 15) is 27.6 Å². The standard InChI is InChI=1S/C27H31F3N6O4/c1-36(40-26(39)27(28,29)30)14-13-20(16-36)25(38)32-21(9-3-2-4-10-22(31)37)24-33-23(34-35-24)19-12-11-17-7-5-6-8-18(17)15-19/h5-8,11-12,15,20-21H,2-4,9-10,13-14,16H2,1H3,(H3-,31,32,33,34,35,37,38)/p+1/t20-,21-,36?/m0/s1. The summed E-state index contributed by atoms with van der Waals surface area (Å²) in [6.07, 6.45) is -2.15. The summed E-state index contributed by atoms with van der Waals surface area (Å²) in [7, 11) is 1.35. The van der Waals surface area contributed by atoms with Gasteiger partial charge in [0.2, 0.25) is 11.8 Å². The number of alkyl halides is 3. The van der Waals surface area contributed by atoms with Gasteiger partial charge in [-0.3, -0.25) is 14.4 Å². The number of hydroxylamine groups is 3. The predicted molar refractivity (Wildman–Crippen MR) is 139 cm³/mol. The Balaban J connectivity index is 1.46. The number of likely N-dealkylation sites (tertiary alicyclic amines) is 1. The fraction of sp³-hybridized carbons (Fsp3) is 0.444. The predicted octanol–water partition coefficient (Wildman–Crippen LogP) is 3.71. The lowest BCUT2D eigenvalue weighted by molar-refractivity contribution is -1.07. The number of nitrogens with two attached hydrogens (primary N) is 1. The number of aromatic amines is 1. The molecule has 3 atom stereocenters. The van der Waals surface area contributed by atoms with E-state index < -0.39 is 28.8 Å². The molecule has 2 amide bonds. The summed E-state index contributed by atoms with van der Waals surface area (Å²) < 4.78 is 37.5. The quantitative estimate of drug-likeness (QED) is 0.241. The number of amides is 2. The number of H-pyrrole nitrogens is 1. The van der Waals surface area contributed by atoms with E-state index in [2.05, 4.69) is 25.3 Å². The van der Waals surface area contributed by atoms with Crippen molar-refractivity contribution in [2.45, 2.75) is 50.7 Å². The molecule has 0 radical (unpaired) electrons. The van der Waals surface area contributed by atoms with E-state index in [1.807, 2.05) is 42.5 Å². The molecule has 0 saturated carbocycles. The maximum atomic E-state index is 13.2. The Morgan fingerprint density at radius 3 is 2.60 bits per heavy atom. The summed E-state index contributed by atoms with van der Waals surface area (Å²) in [6, 6.07) is 13.2. The van der Waals surface area contributed by atoms with E-state index in [0.29, 0.717) is 37.3 Å². The number of nitrogens with zero attached hydrogens (tertiary/aromatic N) is 3. The zero-order chi connectivity index (χ0) is 28.9. The highest BCUT2D eigenvalue weighted by Gasteiger charge is 2.50. The minimum atomic E-state index is -5.11. The van der Waals surface area contributed by atoms with Crippen LogP contribution in [0, 0.1) is 5.92 Å². The van der Waals surface area contributed by atoms with Gasteiger partial charge in [0, 0.05) is 18.4 Å². The fourth-order valence-corrected chi connectivity index (χ4v) is 4.92. The van der Waals surface area contributed by atoms with Gasteiger partial charge in [0.1, 0.15) is 20.1 Å². The smallest absolute Gasteiger partial charge is 0.370 e. The number of fused-ring (bicyclic) bond motifs is 1. The largest absolute Gasteiger partial charge is 0.497 e. The number of primary amides is 1. The summed E-state index contributed by atoms with van der Waals surface area (Å²) >= 11 is 0. The van der Waals surface area contributed by atoms with Gasteiger partial charge < -0.3 is 16.0 Å². The molecule has 1 aliphatic heterocycles. The van der Waals surface area contributed by atoms with Crippen LogP contribution in [0.15, 0.2) is 42.5 Å². The van der Waals surface area contributed by atoms with E-state index in [4.69, 9.17) is 5.73 Å². The summed E-state index contributed by atoms with van der Waals surface area (Å²) in [6.45, 7) is -0.0101. The van der Waals surface area contributed by atoms with Crippen LogP contribution in [0.25, 0.3) is 22.2 Å². The molecule has 0 bridgehead atoms. The second-order valence-electron chi connectivity index (χ2n) is 10.3. The molecule has 2 heterocycles. The minimum absolute atomic E-state index is 0.0755. The van der Waals surface area contributed by atoms with Crippen molar-refractivity contribution < 1.29 is 37.0 Å². The Hall–Kier alpha value is -4.00. The summed E-state index contributed by atoms with van der Waals surface area (Å²) in [5.41, 5.74) is 6.03. The molecule has 1 aromatic heterocycles. The van der Waals surface area contributed by atoms with Crippen molar-refractivity contribution in [3.8, 4) is 11.4 Å². The number of carbonyl (C=O) groups is 3. The van der Waals surface area contributed by atoms with Crippen LogP contribution in [0.3, 0.4) is 0 Å². The lowest BCUT2D eigenvalue weighted by Gasteiger charge is -2.26. The minimum Gasteiger partial charge on any atom is -0.370 e. The van der Waals surface area contributed by atoms with Gasteiger partial charge in [-0.15, -0.1) is 14.8 Å². The van der Waals surface area contributed by atoms with E-state index >= 15 is 0 Å². The average Bonchev–Trinajstić information content (AvgIpc) is 3.54. The molecule has 0 aliphatic carbocycles. The SMILES string of the molecule is C[N+]1(OC(=O)C(F)(F)F)CC[C@H](C(=O)N[C@@H](CCCCCC(N)=O)c2nnc(-c3ccc4ccccc4c3)[nH]2)C1. The first-order valence-electron chi connectivity index (χ1n) is 13.1. The summed E-state index contributed by atoms with van der Waals surface area (Å²) in [5.74, 6) is -2.74. The van der Waals surface area contributed by atoms with Crippen LogP contribution in [0.5, 0.6) is 0 Å². The molecule has 2 aromatic carbocycles. The number of halogens is 3. The number of hydrogen-bond donors (Lipinski definition) is 3. The van der Waals surface area contributed by atoms with Crippen molar-refractivity contribution in [3.05, 3.63) is 48.3 Å². The number of nitrogens with one attached hydrogen (secondary N) is 2. The van der Waals surface area contributed by atoms with E-state index in [1.165, 1.54) is 7.05 Å². The van der Waals surface area contributed by atoms with Crippen molar-refractivity contribution in [2.24, 2.45) is 11.7 Å². The number of unbranched alkanes of at least 4 members (excludes halogenated alkanes) is 2. The van der Waals surface area contributed by atoms with Gasteiger partial charge in [0.05, 0.1) is 12.0 Å². The third-order valence-electron chi connectivity index (χ3n) is 7.05. The zero-order valence-corrected chi connectivity index (χ0v) is 22.0. The highest BCUT2D eigenvalue weighted by atomic mass is 19.4. The molecular formula is C27H32F3N6O4+. The molecule has 4 rings (SSSR count). The number of benzene rings is 2. The molecular weight excluding hydrogens is 529 g/mol. The third kappa shape index (κ3) is 7.34. The normalized spacial score (nSPS) is 19.9. The first-order chi connectivity index (χ1) is 18.9. The van der Waals surface area contributed by atoms with Gasteiger partial charge in [-0.1, -0.05) is 49.2 Å². The van der Waals surface area contributed by atoms with Crippen molar-refractivity contribution in [2.75, 3.05) is 20.1 Å². The number of rotatable bonds is 11. The number of aromatic nitrogens is 3. The van der Waals surface area contributed by atoms with Gasteiger partial charge in [-0.2, -0.15) is 13.2 Å². The maximum Gasteiger partial charge on any atom is 0.497 e. The molecule has 1 aliphatic rings. The van der Waals surface area contributed by atoms with Crippen LogP contribution in [0.4, 0.5) is 13.2 Å². The first-order valence-corrected chi connectivity index (χ1v) is 13.1. The zero-order valence-electron chi connectivity index (χ0n) is 22.0. The Kier molecular flexibility index (Phi) is 8.72. The van der Waals surface area contributed by atoms with Crippen molar-refractivity contribution in [1.82, 2.24) is 20.5 Å². The van der Waals surface area contributed by atoms with Gasteiger partial charge in [0.15, 0.2) is 11.6 Å². The Morgan fingerprint density at radius 1 is 1.12 bits per heavy atom. The average molecular weight is 562 g/mol. The molecule has 4 N–H and O–H groups in total. The van der Waals surface area contributed by atoms with E-state index in [0.717, 1.165) is 16.3 Å². The van der Waals surface area contributed by atoms with Crippen LogP contribution >= 0.6 is 0 Å². The number of quaternary nitrogens is 1. The van der Waals surface area contributed by atoms with Crippen LogP contribution < -0.4 is 11.1 Å². The van der Waals surface area contributed by atoms with E-state index in [1.54, 1.807) is 0 Å². The van der Waals surface area contributed by atoms with Gasteiger partial charge >= 0.3 is 12.1 Å². The lowest BCUT2D eigenvalue weighted by Crippen LogP contribution is -2.47. The van der Waals surface area contributed by atoms with Gasteiger partial charge in [-0.25, -0.2) is 4.79 Å². The van der Waals surface area contributed by atoms with Crippen molar-refractivity contribution in [3.63, 3.8) is 0 Å². The Morgan fingerprint density at radius 2 is 1.88 bits per heavy atom. The first kappa shape index (κ1) is 29.0. The molecule has 3 aromatic rings. The van der Waals surface area contributed by atoms with Crippen molar-refractivity contribution >= 4 is 28.6 Å². The van der Waals surface area contributed by atoms with Gasteiger partial charge in [-0.05, 0) is 29.7 Å². The second kappa shape index (κ2) is 12.0.